The largest absolute Gasteiger partial charge is 0.361 e. The molecule has 2 N–H and O–H groups in total. The third-order valence-corrected chi connectivity index (χ3v) is 5.40. The highest BCUT2D eigenvalue weighted by atomic mass is 32.2. The molecule has 0 amide bonds. The Morgan fingerprint density at radius 3 is 2.84 bits per heavy atom. The number of para-hydroxylation sites is 1. The number of rotatable bonds is 4. The van der Waals surface area contributed by atoms with E-state index in [1.807, 2.05) is 18.0 Å². The smallest absolute Gasteiger partial charge is 0.0499 e. The van der Waals surface area contributed by atoms with Gasteiger partial charge in [-0.2, -0.15) is 11.8 Å². The van der Waals surface area contributed by atoms with Crippen LogP contribution in [0.25, 0.3) is 10.9 Å². The molecule has 3 heteroatoms. The molecule has 1 saturated carbocycles. The number of hydrogen-bond donors (Lipinski definition) is 2. The highest BCUT2D eigenvalue weighted by Crippen LogP contribution is 2.27. The summed E-state index contributed by atoms with van der Waals surface area (Å²) in [5.41, 5.74) is 2.67. The van der Waals surface area contributed by atoms with E-state index in [-0.39, 0.29) is 0 Å². The van der Waals surface area contributed by atoms with Gasteiger partial charge >= 0.3 is 0 Å². The number of fused-ring (bicyclic) bond motifs is 1. The minimum absolute atomic E-state index is 0.702. The van der Waals surface area contributed by atoms with Crippen LogP contribution in [0.2, 0.25) is 0 Å². The number of thioether (sulfide) groups is 1. The number of H-pyrrole nitrogens is 1. The zero-order valence-corrected chi connectivity index (χ0v) is 12.3. The molecule has 0 saturated heterocycles. The lowest BCUT2D eigenvalue weighted by Gasteiger charge is -2.28. The zero-order valence-electron chi connectivity index (χ0n) is 11.5. The van der Waals surface area contributed by atoms with Crippen molar-refractivity contribution < 1.29 is 0 Å². The molecule has 1 fully saturated rings. The molecule has 102 valence electrons. The Bertz CT molecular complexity index is 526. The summed E-state index contributed by atoms with van der Waals surface area (Å²) in [5.74, 6) is 0. The fraction of sp³-hybridized carbons (Fsp3) is 0.500. The first-order valence-corrected chi connectivity index (χ1v) is 8.47. The van der Waals surface area contributed by atoms with E-state index < -0.39 is 0 Å². The second-order valence-corrected chi connectivity index (χ2v) is 6.59. The van der Waals surface area contributed by atoms with Crippen LogP contribution in [0.5, 0.6) is 0 Å². The number of aromatic nitrogens is 1. The Labute approximate surface area is 119 Å². The van der Waals surface area contributed by atoms with E-state index in [0.717, 1.165) is 11.8 Å². The topological polar surface area (TPSA) is 27.8 Å². The molecule has 0 aliphatic heterocycles. The van der Waals surface area contributed by atoms with Crippen molar-refractivity contribution in [3.63, 3.8) is 0 Å². The van der Waals surface area contributed by atoms with Gasteiger partial charge in [0.2, 0.25) is 0 Å². The fourth-order valence-electron chi connectivity index (χ4n) is 3.05. The first-order valence-electron chi connectivity index (χ1n) is 7.18. The molecule has 2 aromatic rings. The average Bonchev–Trinajstić information content (AvgIpc) is 2.94. The van der Waals surface area contributed by atoms with E-state index in [2.05, 4.69) is 40.8 Å². The van der Waals surface area contributed by atoms with Gasteiger partial charge in [0.15, 0.2) is 0 Å². The van der Waals surface area contributed by atoms with Crippen LogP contribution in [-0.2, 0) is 6.54 Å². The lowest BCUT2D eigenvalue weighted by atomic mass is 9.95. The van der Waals surface area contributed by atoms with Gasteiger partial charge in [-0.15, -0.1) is 0 Å². The van der Waals surface area contributed by atoms with Crippen molar-refractivity contribution >= 4 is 22.7 Å². The molecule has 1 aliphatic rings. The Balaban J connectivity index is 1.59. The molecular formula is C16H22N2S. The van der Waals surface area contributed by atoms with Gasteiger partial charge in [-0.05, 0) is 49.0 Å². The van der Waals surface area contributed by atoms with Crippen LogP contribution in [-0.4, -0.2) is 22.5 Å². The highest BCUT2D eigenvalue weighted by Gasteiger charge is 2.19. The molecule has 0 unspecified atom stereocenters. The Morgan fingerprint density at radius 1 is 1.21 bits per heavy atom. The van der Waals surface area contributed by atoms with E-state index in [4.69, 9.17) is 0 Å². The van der Waals surface area contributed by atoms with Crippen LogP contribution in [0.4, 0.5) is 0 Å². The van der Waals surface area contributed by atoms with E-state index >= 15 is 0 Å². The van der Waals surface area contributed by atoms with Crippen LogP contribution in [0, 0.1) is 0 Å². The second-order valence-electron chi connectivity index (χ2n) is 5.45. The summed E-state index contributed by atoms with van der Waals surface area (Å²) in [6.45, 7) is 0.979. The first-order chi connectivity index (χ1) is 9.36. The number of hydrogen-bond acceptors (Lipinski definition) is 2. The normalized spacial score (nSPS) is 23.8. The molecule has 0 bridgehead atoms. The maximum absolute atomic E-state index is 3.74. The standard InChI is InChI=1S/C16H22N2S/c1-19-15-7-5-14(6-8-15)18-11-13-4-2-3-12-9-10-17-16(12)13/h2-4,9-10,14-15,17-18H,5-8,11H2,1H3. The monoisotopic (exact) mass is 274 g/mol. The van der Waals surface area contributed by atoms with Crippen molar-refractivity contribution in [1.82, 2.24) is 10.3 Å². The minimum atomic E-state index is 0.702. The van der Waals surface area contributed by atoms with Gasteiger partial charge in [-0.3, -0.25) is 0 Å². The maximum atomic E-state index is 3.74. The van der Waals surface area contributed by atoms with E-state index in [1.165, 1.54) is 42.1 Å². The van der Waals surface area contributed by atoms with Crippen molar-refractivity contribution in [2.45, 2.75) is 43.5 Å². The Hall–Kier alpha value is -0.930. The van der Waals surface area contributed by atoms with Crippen LogP contribution >= 0.6 is 11.8 Å². The Morgan fingerprint density at radius 2 is 2.05 bits per heavy atom. The predicted molar refractivity (Wildman–Crippen MR) is 84.7 cm³/mol. The van der Waals surface area contributed by atoms with Gasteiger partial charge in [-0.25, -0.2) is 0 Å². The molecule has 0 atom stereocenters. The lowest BCUT2D eigenvalue weighted by molar-refractivity contribution is 0.379. The molecule has 1 aromatic carbocycles. The molecule has 19 heavy (non-hydrogen) atoms. The van der Waals surface area contributed by atoms with Crippen LogP contribution in [0.3, 0.4) is 0 Å². The van der Waals surface area contributed by atoms with Gasteiger partial charge in [-0.1, -0.05) is 18.2 Å². The molecule has 3 rings (SSSR count). The molecule has 1 aromatic heterocycles. The summed E-state index contributed by atoms with van der Waals surface area (Å²) in [6.07, 6.45) is 9.65. The summed E-state index contributed by atoms with van der Waals surface area (Å²) < 4.78 is 0. The van der Waals surface area contributed by atoms with Crippen molar-refractivity contribution in [3.8, 4) is 0 Å². The third kappa shape index (κ3) is 2.98. The number of aromatic amines is 1. The van der Waals surface area contributed by atoms with Crippen molar-refractivity contribution in [1.29, 1.82) is 0 Å². The van der Waals surface area contributed by atoms with Gasteiger partial charge in [0.1, 0.15) is 0 Å². The SMILES string of the molecule is CSC1CCC(NCc2cccc3cc[nH]c23)CC1. The van der Waals surface area contributed by atoms with Crippen molar-refractivity contribution in [2.24, 2.45) is 0 Å². The summed E-state index contributed by atoms with van der Waals surface area (Å²) >= 11 is 2.03. The predicted octanol–water partition coefficient (Wildman–Crippen LogP) is 3.93. The molecule has 0 radical (unpaired) electrons. The van der Waals surface area contributed by atoms with Gasteiger partial charge in [0.25, 0.3) is 0 Å². The first kappa shape index (κ1) is 13.1. The van der Waals surface area contributed by atoms with E-state index in [1.54, 1.807) is 0 Å². The quantitative estimate of drug-likeness (QED) is 0.884. The molecule has 1 heterocycles. The Kier molecular flexibility index (Phi) is 4.14. The summed E-state index contributed by atoms with van der Waals surface area (Å²) in [4.78, 5) is 3.35. The van der Waals surface area contributed by atoms with Crippen LogP contribution in [0.15, 0.2) is 30.5 Å². The lowest BCUT2D eigenvalue weighted by Crippen LogP contribution is -2.33. The molecule has 2 nitrogen and oxygen atoms in total. The number of benzene rings is 1. The molecular weight excluding hydrogens is 252 g/mol. The van der Waals surface area contributed by atoms with Gasteiger partial charge in [0, 0.05) is 29.6 Å². The maximum Gasteiger partial charge on any atom is 0.0499 e. The second kappa shape index (κ2) is 6.02. The van der Waals surface area contributed by atoms with E-state index in [0.29, 0.717) is 6.04 Å². The fourth-order valence-corrected chi connectivity index (χ4v) is 3.80. The molecule has 1 aliphatic carbocycles. The van der Waals surface area contributed by atoms with E-state index in [9.17, 15) is 0 Å². The molecule has 0 spiro atoms. The van der Waals surface area contributed by atoms with Crippen LogP contribution < -0.4 is 5.32 Å². The third-order valence-electron chi connectivity index (χ3n) is 4.26. The van der Waals surface area contributed by atoms with Gasteiger partial charge < -0.3 is 10.3 Å². The van der Waals surface area contributed by atoms with Crippen LogP contribution in [0.1, 0.15) is 31.2 Å². The van der Waals surface area contributed by atoms with Crippen molar-refractivity contribution in [3.05, 3.63) is 36.0 Å². The zero-order chi connectivity index (χ0) is 13.1. The highest BCUT2D eigenvalue weighted by molar-refractivity contribution is 7.99. The summed E-state index contributed by atoms with van der Waals surface area (Å²) in [5, 5.41) is 5.94. The summed E-state index contributed by atoms with van der Waals surface area (Å²) in [6, 6.07) is 9.38. The number of nitrogens with one attached hydrogen (secondary N) is 2. The average molecular weight is 274 g/mol. The van der Waals surface area contributed by atoms with Crippen molar-refractivity contribution in [2.75, 3.05) is 6.26 Å². The van der Waals surface area contributed by atoms with Gasteiger partial charge in [0.05, 0.1) is 0 Å². The minimum Gasteiger partial charge on any atom is -0.361 e. The summed E-state index contributed by atoms with van der Waals surface area (Å²) in [7, 11) is 0.